The van der Waals surface area contributed by atoms with Gasteiger partial charge in [-0.1, -0.05) is 107 Å². The molecule has 2 aromatic carbocycles. The first-order chi connectivity index (χ1) is 13.2. The van der Waals surface area contributed by atoms with Crippen LogP contribution >= 0.6 is 0 Å². The molecule has 0 radical (unpaired) electrons. The first-order valence-corrected chi connectivity index (χ1v) is 11.0. The van der Waals surface area contributed by atoms with Crippen molar-refractivity contribution in [2.75, 3.05) is 0 Å². The molecule has 2 aromatic rings. The maximum absolute atomic E-state index is 12.3. The zero-order valence-corrected chi connectivity index (χ0v) is 17.3. The average molecular weight is 368 g/mol. The van der Waals surface area contributed by atoms with E-state index in [1.54, 1.807) is 0 Å². The summed E-state index contributed by atoms with van der Waals surface area (Å²) < 4.78 is 0. The second-order valence-electron chi connectivity index (χ2n) is 7.79. The Morgan fingerprint density at radius 3 is 2.11 bits per heavy atom. The first-order valence-electron chi connectivity index (χ1n) is 11.0. The molecule has 1 atom stereocenters. The van der Waals surface area contributed by atoms with Crippen LogP contribution in [-0.2, 0) is 4.79 Å². The van der Waals surface area contributed by atoms with Gasteiger partial charge in [0.15, 0.2) is 0 Å². The van der Waals surface area contributed by atoms with E-state index in [1.165, 1.54) is 74.1 Å². The summed E-state index contributed by atoms with van der Waals surface area (Å²) in [5.74, 6) is 0.176. The molecule has 1 unspecified atom stereocenters. The van der Waals surface area contributed by atoms with Crippen molar-refractivity contribution in [2.45, 2.75) is 90.5 Å². The van der Waals surface area contributed by atoms with Crippen LogP contribution in [0, 0.1) is 0 Å². The summed E-state index contributed by atoms with van der Waals surface area (Å²) >= 11 is 0. The SMILES string of the molecule is CCCCCCCCCCCCC(=O)NC(C)c1cccc2ccccc12. The zero-order valence-electron chi connectivity index (χ0n) is 17.3. The number of carbonyl (C=O) groups excluding carboxylic acids is 1. The van der Waals surface area contributed by atoms with Crippen LogP contribution in [0.1, 0.15) is 96.1 Å². The maximum atomic E-state index is 12.3. The van der Waals surface area contributed by atoms with Gasteiger partial charge in [-0.25, -0.2) is 0 Å². The third-order valence-corrected chi connectivity index (χ3v) is 5.42. The van der Waals surface area contributed by atoms with Gasteiger partial charge in [-0.3, -0.25) is 4.79 Å². The summed E-state index contributed by atoms with van der Waals surface area (Å²) in [4.78, 5) is 12.3. The molecular formula is C25H37NO. The number of rotatable bonds is 13. The van der Waals surface area contributed by atoms with Crippen molar-refractivity contribution in [3.63, 3.8) is 0 Å². The second-order valence-corrected chi connectivity index (χ2v) is 7.79. The van der Waals surface area contributed by atoms with Gasteiger partial charge in [-0.05, 0) is 29.7 Å². The highest BCUT2D eigenvalue weighted by atomic mass is 16.1. The monoisotopic (exact) mass is 367 g/mol. The lowest BCUT2D eigenvalue weighted by Crippen LogP contribution is -2.26. The Morgan fingerprint density at radius 1 is 0.815 bits per heavy atom. The van der Waals surface area contributed by atoms with Gasteiger partial charge in [-0.2, -0.15) is 0 Å². The van der Waals surface area contributed by atoms with Crippen LogP contribution in [0.25, 0.3) is 10.8 Å². The molecule has 0 aliphatic carbocycles. The number of unbranched alkanes of at least 4 members (excludes halogenated alkanes) is 9. The topological polar surface area (TPSA) is 29.1 Å². The Bertz CT molecular complexity index is 674. The lowest BCUT2D eigenvalue weighted by molar-refractivity contribution is -0.121. The first kappa shape index (κ1) is 21.5. The molecule has 2 heteroatoms. The molecule has 0 aromatic heterocycles. The fourth-order valence-electron chi connectivity index (χ4n) is 3.79. The van der Waals surface area contributed by atoms with Crippen LogP contribution in [0.5, 0.6) is 0 Å². The van der Waals surface area contributed by atoms with E-state index < -0.39 is 0 Å². The summed E-state index contributed by atoms with van der Waals surface area (Å²) in [5, 5.41) is 5.64. The van der Waals surface area contributed by atoms with Crippen molar-refractivity contribution in [1.29, 1.82) is 0 Å². The van der Waals surface area contributed by atoms with E-state index in [0.29, 0.717) is 6.42 Å². The number of hydrogen-bond acceptors (Lipinski definition) is 1. The van der Waals surface area contributed by atoms with Crippen molar-refractivity contribution in [1.82, 2.24) is 5.32 Å². The fourth-order valence-corrected chi connectivity index (χ4v) is 3.79. The highest BCUT2D eigenvalue weighted by Gasteiger charge is 2.11. The minimum atomic E-state index is 0.0479. The van der Waals surface area contributed by atoms with E-state index in [2.05, 4.69) is 61.6 Å². The molecule has 0 bridgehead atoms. The molecule has 0 saturated carbocycles. The third kappa shape index (κ3) is 7.74. The lowest BCUT2D eigenvalue weighted by Gasteiger charge is -2.16. The highest BCUT2D eigenvalue weighted by Crippen LogP contribution is 2.24. The van der Waals surface area contributed by atoms with Gasteiger partial charge in [-0.15, -0.1) is 0 Å². The predicted octanol–water partition coefficient (Wildman–Crippen LogP) is 7.33. The summed E-state index contributed by atoms with van der Waals surface area (Å²) in [5.41, 5.74) is 1.20. The zero-order chi connectivity index (χ0) is 19.3. The van der Waals surface area contributed by atoms with Crippen molar-refractivity contribution in [2.24, 2.45) is 0 Å². The van der Waals surface area contributed by atoms with Gasteiger partial charge in [0, 0.05) is 6.42 Å². The minimum absolute atomic E-state index is 0.0479. The smallest absolute Gasteiger partial charge is 0.220 e. The summed E-state index contributed by atoms with van der Waals surface area (Å²) in [6, 6.07) is 14.7. The average Bonchev–Trinajstić information content (AvgIpc) is 2.69. The molecule has 148 valence electrons. The van der Waals surface area contributed by atoms with E-state index in [9.17, 15) is 4.79 Å². The van der Waals surface area contributed by atoms with Crippen molar-refractivity contribution in [3.05, 3.63) is 48.0 Å². The number of amides is 1. The Labute approximate surface area is 165 Å². The molecule has 0 saturated heterocycles. The number of hydrogen-bond donors (Lipinski definition) is 1. The molecule has 0 aliphatic heterocycles. The van der Waals surface area contributed by atoms with E-state index in [-0.39, 0.29) is 11.9 Å². The number of nitrogens with one attached hydrogen (secondary N) is 1. The summed E-state index contributed by atoms with van der Waals surface area (Å²) in [6.07, 6.45) is 13.6. The molecule has 0 fully saturated rings. The maximum Gasteiger partial charge on any atom is 0.220 e. The largest absolute Gasteiger partial charge is 0.350 e. The number of benzene rings is 2. The summed E-state index contributed by atoms with van der Waals surface area (Å²) in [7, 11) is 0. The quantitative estimate of drug-likeness (QED) is 0.369. The third-order valence-electron chi connectivity index (χ3n) is 5.42. The van der Waals surface area contributed by atoms with Crippen molar-refractivity contribution >= 4 is 16.7 Å². The second kappa shape index (κ2) is 12.5. The van der Waals surface area contributed by atoms with E-state index in [4.69, 9.17) is 0 Å². The standard InChI is InChI=1S/C25H37NO/c1-3-4-5-6-7-8-9-10-11-12-20-25(27)26-21(2)23-19-15-17-22-16-13-14-18-24(22)23/h13-19,21H,3-12,20H2,1-2H3,(H,26,27). The summed E-state index contributed by atoms with van der Waals surface area (Å²) in [6.45, 7) is 4.34. The Kier molecular flexibility index (Phi) is 9.97. The van der Waals surface area contributed by atoms with Gasteiger partial charge in [0.25, 0.3) is 0 Å². The molecule has 0 spiro atoms. The van der Waals surface area contributed by atoms with E-state index in [0.717, 1.165) is 6.42 Å². The fraction of sp³-hybridized carbons (Fsp3) is 0.560. The van der Waals surface area contributed by atoms with Crippen LogP contribution in [-0.4, -0.2) is 5.91 Å². The normalized spacial score (nSPS) is 12.2. The number of carbonyl (C=O) groups is 1. The number of fused-ring (bicyclic) bond motifs is 1. The van der Waals surface area contributed by atoms with Crippen LogP contribution < -0.4 is 5.32 Å². The van der Waals surface area contributed by atoms with Crippen LogP contribution in [0.3, 0.4) is 0 Å². The Hall–Kier alpha value is -1.83. The highest BCUT2D eigenvalue weighted by molar-refractivity contribution is 5.86. The van der Waals surface area contributed by atoms with Crippen LogP contribution in [0.2, 0.25) is 0 Å². The predicted molar refractivity (Wildman–Crippen MR) is 117 cm³/mol. The van der Waals surface area contributed by atoms with Gasteiger partial charge < -0.3 is 5.32 Å². The molecular weight excluding hydrogens is 330 g/mol. The van der Waals surface area contributed by atoms with Crippen molar-refractivity contribution in [3.8, 4) is 0 Å². The molecule has 0 heterocycles. The Morgan fingerprint density at radius 2 is 1.41 bits per heavy atom. The van der Waals surface area contributed by atoms with Crippen LogP contribution in [0.4, 0.5) is 0 Å². The van der Waals surface area contributed by atoms with Gasteiger partial charge in [0.1, 0.15) is 0 Å². The Balaban J connectivity index is 1.61. The van der Waals surface area contributed by atoms with Gasteiger partial charge in [0.2, 0.25) is 5.91 Å². The molecule has 2 rings (SSSR count). The molecule has 1 amide bonds. The van der Waals surface area contributed by atoms with Gasteiger partial charge in [0.05, 0.1) is 6.04 Å². The van der Waals surface area contributed by atoms with Crippen molar-refractivity contribution < 1.29 is 4.79 Å². The van der Waals surface area contributed by atoms with E-state index >= 15 is 0 Å². The molecule has 2 nitrogen and oxygen atoms in total. The van der Waals surface area contributed by atoms with E-state index in [1.807, 2.05) is 0 Å². The minimum Gasteiger partial charge on any atom is -0.350 e. The van der Waals surface area contributed by atoms with Crippen LogP contribution in [0.15, 0.2) is 42.5 Å². The lowest BCUT2D eigenvalue weighted by atomic mass is 9.99. The molecule has 27 heavy (non-hydrogen) atoms. The molecule has 0 aliphatic rings. The van der Waals surface area contributed by atoms with Gasteiger partial charge >= 0.3 is 0 Å². The molecule has 1 N–H and O–H groups in total.